The molecular weight excluding hydrogens is 346 g/mol. The first-order valence-electron chi connectivity index (χ1n) is 9.72. The van der Waals surface area contributed by atoms with Crippen molar-refractivity contribution in [1.82, 2.24) is 25.5 Å². The Hall–Kier alpha value is -2.06. The van der Waals surface area contributed by atoms with Crippen LogP contribution >= 0.6 is 0 Å². The second kappa shape index (κ2) is 8.75. The lowest BCUT2D eigenvalue weighted by molar-refractivity contribution is -0.126. The molecule has 1 aromatic heterocycles. The molecule has 0 aliphatic carbocycles. The summed E-state index contributed by atoms with van der Waals surface area (Å²) in [5.41, 5.74) is 1.14. The van der Waals surface area contributed by atoms with Crippen LogP contribution in [-0.4, -0.2) is 71.1 Å². The van der Waals surface area contributed by atoms with Gasteiger partial charge in [0, 0.05) is 44.1 Å². The quantitative estimate of drug-likeness (QED) is 0.782. The molecule has 0 saturated carbocycles. The number of hydrogen-bond donors (Lipinski definition) is 2. The smallest absolute Gasteiger partial charge is 0.270 e. The van der Waals surface area contributed by atoms with Crippen molar-refractivity contribution >= 4 is 11.8 Å². The van der Waals surface area contributed by atoms with E-state index in [1.807, 2.05) is 13.8 Å². The van der Waals surface area contributed by atoms with Crippen LogP contribution in [0.25, 0.3) is 0 Å². The van der Waals surface area contributed by atoms with Gasteiger partial charge >= 0.3 is 0 Å². The number of carbonyl (C=O) groups is 2. The Kier molecular flexibility index (Phi) is 6.38. The highest BCUT2D eigenvalue weighted by atomic mass is 16.5. The summed E-state index contributed by atoms with van der Waals surface area (Å²) in [5, 5.41) is 6.00. The van der Waals surface area contributed by atoms with Crippen LogP contribution in [0.15, 0.2) is 6.07 Å². The minimum Gasteiger partial charge on any atom is -0.381 e. The van der Waals surface area contributed by atoms with Gasteiger partial charge in [-0.1, -0.05) is 0 Å². The molecule has 0 aromatic carbocycles. The van der Waals surface area contributed by atoms with Gasteiger partial charge in [-0.05, 0) is 46.1 Å². The van der Waals surface area contributed by atoms with Crippen molar-refractivity contribution in [2.75, 3.05) is 26.3 Å². The highest BCUT2D eigenvalue weighted by Crippen LogP contribution is 2.26. The molecule has 2 aliphatic heterocycles. The molecule has 2 saturated heterocycles. The molecule has 2 N–H and O–H groups in total. The van der Waals surface area contributed by atoms with E-state index in [2.05, 4.69) is 25.5 Å². The number of ether oxygens (including phenoxy) is 1. The maximum atomic E-state index is 12.6. The van der Waals surface area contributed by atoms with E-state index in [1.165, 1.54) is 0 Å². The Morgan fingerprint density at radius 1 is 1.26 bits per heavy atom. The Bertz CT molecular complexity index is 670. The first kappa shape index (κ1) is 19.7. The van der Waals surface area contributed by atoms with Gasteiger partial charge in [-0.2, -0.15) is 0 Å². The first-order chi connectivity index (χ1) is 13.0. The minimum atomic E-state index is -0.216. The number of nitrogens with zero attached hydrogens (tertiary/aromatic N) is 3. The average Bonchev–Trinajstić information content (AvgIpc) is 3.06. The molecule has 2 atom stereocenters. The molecule has 2 amide bonds. The highest BCUT2D eigenvalue weighted by Gasteiger charge is 2.41. The largest absolute Gasteiger partial charge is 0.381 e. The fourth-order valence-electron chi connectivity index (χ4n) is 4.03. The average molecular weight is 375 g/mol. The molecule has 2 fully saturated rings. The lowest BCUT2D eigenvalue weighted by atomic mass is 10.1. The fourth-order valence-corrected chi connectivity index (χ4v) is 4.03. The first-order valence-corrected chi connectivity index (χ1v) is 9.72. The number of hydrogen-bond acceptors (Lipinski definition) is 6. The zero-order chi connectivity index (χ0) is 19.4. The van der Waals surface area contributed by atoms with E-state index in [9.17, 15) is 9.59 Å². The van der Waals surface area contributed by atoms with Crippen LogP contribution in [0.3, 0.4) is 0 Å². The molecule has 2 unspecified atom stereocenters. The van der Waals surface area contributed by atoms with E-state index in [0.717, 1.165) is 31.7 Å². The van der Waals surface area contributed by atoms with Crippen LogP contribution in [0, 0.1) is 13.8 Å². The zero-order valence-corrected chi connectivity index (χ0v) is 16.3. The molecule has 3 heterocycles. The summed E-state index contributed by atoms with van der Waals surface area (Å²) < 4.78 is 5.46. The molecule has 0 bridgehead atoms. The van der Waals surface area contributed by atoms with Crippen molar-refractivity contribution in [3.63, 3.8) is 0 Å². The normalized spacial score (nSPS) is 24.0. The lowest BCUT2D eigenvalue weighted by Gasteiger charge is -2.34. The van der Waals surface area contributed by atoms with Crippen LogP contribution in [0.2, 0.25) is 0 Å². The Labute approximate surface area is 160 Å². The molecule has 3 rings (SSSR count). The van der Waals surface area contributed by atoms with E-state index in [0.29, 0.717) is 37.1 Å². The topological polar surface area (TPSA) is 96.5 Å². The monoisotopic (exact) mass is 375 g/mol. The van der Waals surface area contributed by atoms with Crippen molar-refractivity contribution in [3.05, 3.63) is 23.3 Å². The maximum Gasteiger partial charge on any atom is 0.270 e. The summed E-state index contributed by atoms with van der Waals surface area (Å²) in [6.07, 6.45) is 2.44. The van der Waals surface area contributed by atoms with E-state index in [1.54, 1.807) is 13.0 Å². The lowest BCUT2D eigenvalue weighted by Crippen LogP contribution is -2.49. The summed E-state index contributed by atoms with van der Waals surface area (Å²) in [4.78, 5) is 35.9. The van der Waals surface area contributed by atoms with Gasteiger partial charge in [0.05, 0.1) is 6.04 Å². The third kappa shape index (κ3) is 4.81. The second-order valence-corrected chi connectivity index (χ2v) is 7.30. The third-order valence-electron chi connectivity index (χ3n) is 5.19. The minimum absolute atomic E-state index is 0.0365. The Balaban J connectivity index is 1.70. The summed E-state index contributed by atoms with van der Waals surface area (Å²) in [5.74, 6) is 0.405. The molecule has 27 heavy (non-hydrogen) atoms. The molecule has 2 aliphatic rings. The summed E-state index contributed by atoms with van der Waals surface area (Å²) in [6, 6.07) is 1.71. The van der Waals surface area contributed by atoms with Gasteiger partial charge in [0.1, 0.15) is 11.5 Å². The van der Waals surface area contributed by atoms with E-state index in [4.69, 9.17) is 4.74 Å². The van der Waals surface area contributed by atoms with Gasteiger partial charge in [0.25, 0.3) is 5.91 Å². The molecule has 148 valence electrons. The molecular formula is C19H29N5O3. The van der Waals surface area contributed by atoms with Gasteiger partial charge < -0.3 is 15.4 Å². The summed E-state index contributed by atoms with van der Waals surface area (Å²) >= 11 is 0. The Morgan fingerprint density at radius 2 is 2.00 bits per heavy atom. The summed E-state index contributed by atoms with van der Waals surface area (Å²) in [6.45, 7) is 8.26. The van der Waals surface area contributed by atoms with E-state index in [-0.39, 0.29) is 23.9 Å². The van der Waals surface area contributed by atoms with Crippen LogP contribution < -0.4 is 10.6 Å². The molecule has 8 nitrogen and oxygen atoms in total. The van der Waals surface area contributed by atoms with Gasteiger partial charge in [-0.15, -0.1) is 0 Å². The van der Waals surface area contributed by atoms with Crippen molar-refractivity contribution in [2.24, 2.45) is 0 Å². The molecule has 8 heteroatoms. The number of amides is 2. The van der Waals surface area contributed by atoms with Gasteiger partial charge in [0.15, 0.2) is 0 Å². The highest BCUT2D eigenvalue weighted by molar-refractivity contribution is 5.92. The number of nitrogens with one attached hydrogen (secondary N) is 2. The van der Waals surface area contributed by atoms with Crippen LogP contribution in [-0.2, 0) is 9.53 Å². The van der Waals surface area contributed by atoms with Crippen LogP contribution in [0.5, 0.6) is 0 Å². The number of aryl methyl sites for hydroxylation is 2. The zero-order valence-electron chi connectivity index (χ0n) is 16.3. The van der Waals surface area contributed by atoms with Gasteiger partial charge in [-0.3, -0.25) is 14.5 Å². The van der Waals surface area contributed by atoms with E-state index < -0.39 is 0 Å². The third-order valence-corrected chi connectivity index (χ3v) is 5.19. The number of likely N-dealkylation sites (tertiary alicyclic amines) is 1. The summed E-state index contributed by atoms with van der Waals surface area (Å²) in [7, 11) is 0. The molecule has 1 aromatic rings. The standard InChI is InChI=1S/C19H29N5O3/c1-4-20-19(26)17-10-14(11-24(17)15-5-7-27-8-6-15)23-18(25)16-9-12(2)21-13(3)22-16/h9,14-15,17H,4-8,10-11H2,1-3H3,(H,20,26)(H,23,25). The van der Waals surface area contributed by atoms with Crippen LogP contribution in [0.1, 0.15) is 48.2 Å². The van der Waals surface area contributed by atoms with Gasteiger partial charge in [0.2, 0.25) is 5.91 Å². The maximum absolute atomic E-state index is 12.6. The number of likely N-dealkylation sites (N-methyl/N-ethyl adjacent to an activating group) is 1. The van der Waals surface area contributed by atoms with E-state index >= 15 is 0 Å². The predicted molar refractivity (Wildman–Crippen MR) is 100 cm³/mol. The molecule has 0 radical (unpaired) electrons. The van der Waals surface area contributed by atoms with Crippen molar-refractivity contribution in [2.45, 2.75) is 58.2 Å². The Morgan fingerprint density at radius 3 is 2.67 bits per heavy atom. The van der Waals surface area contributed by atoms with Crippen molar-refractivity contribution < 1.29 is 14.3 Å². The van der Waals surface area contributed by atoms with Gasteiger partial charge in [-0.25, -0.2) is 9.97 Å². The van der Waals surface area contributed by atoms with Crippen molar-refractivity contribution in [3.8, 4) is 0 Å². The van der Waals surface area contributed by atoms with Crippen molar-refractivity contribution in [1.29, 1.82) is 0 Å². The number of carbonyl (C=O) groups excluding carboxylic acids is 2. The fraction of sp³-hybridized carbons (Fsp3) is 0.684. The SMILES string of the molecule is CCNC(=O)C1CC(NC(=O)c2cc(C)nc(C)n2)CN1C1CCOCC1. The number of rotatable bonds is 5. The van der Waals surface area contributed by atoms with Crippen LogP contribution in [0.4, 0.5) is 0 Å². The molecule has 0 spiro atoms. The predicted octanol–water partition coefficient (Wildman–Crippen LogP) is 0.581. The number of aromatic nitrogens is 2. The second-order valence-electron chi connectivity index (χ2n) is 7.30.